The van der Waals surface area contributed by atoms with E-state index in [1.165, 1.54) is 23.5 Å². The second-order valence-corrected chi connectivity index (χ2v) is 6.03. The summed E-state index contributed by atoms with van der Waals surface area (Å²) in [5, 5.41) is 1.10. The number of pyridine rings is 1. The number of esters is 1. The lowest BCUT2D eigenvalue weighted by atomic mass is 10.3. The van der Waals surface area contributed by atoms with E-state index in [-0.39, 0.29) is 22.5 Å². The van der Waals surface area contributed by atoms with Crippen molar-refractivity contribution in [2.24, 2.45) is 0 Å². The number of hydrogen-bond donors (Lipinski definition) is 0. The molecule has 0 radical (unpaired) electrons. The van der Waals surface area contributed by atoms with Crippen LogP contribution in [0.2, 0.25) is 10.2 Å². The molecule has 0 unspecified atom stereocenters. The van der Waals surface area contributed by atoms with E-state index in [0.717, 1.165) is 10.2 Å². The van der Waals surface area contributed by atoms with Gasteiger partial charge in [0.25, 0.3) is 0 Å². The Morgan fingerprint density at radius 1 is 1.14 bits per heavy atom. The largest absolute Gasteiger partial charge is 0.454 e. The lowest BCUT2D eigenvalue weighted by Crippen LogP contribution is -2.08. The van der Waals surface area contributed by atoms with Crippen molar-refractivity contribution in [2.75, 3.05) is 0 Å². The van der Waals surface area contributed by atoms with Crippen LogP contribution in [0.15, 0.2) is 36.4 Å². The second kappa shape index (κ2) is 5.97. The van der Waals surface area contributed by atoms with Crippen molar-refractivity contribution in [3.8, 4) is 0 Å². The Morgan fingerprint density at radius 2 is 1.95 bits per heavy atom. The predicted octanol–water partition coefficient (Wildman–Crippen LogP) is 4.36. The van der Waals surface area contributed by atoms with Crippen molar-refractivity contribution in [2.45, 2.75) is 6.61 Å². The van der Waals surface area contributed by atoms with Crippen LogP contribution in [0.25, 0.3) is 10.2 Å². The first-order chi connectivity index (χ1) is 10.1. The minimum Gasteiger partial charge on any atom is -0.454 e. The third-order valence-corrected chi connectivity index (χ3v) is 4.20. The number of carbonyl (C=O) groups excluding carboxylic acids is 1. The Hall–Kier alpha value is -1.69. The number of carbonyl (C=O) groups is 1. The number of ether oxygens (including phenoxy) is 1. The summed E-state index contributed by atoms with van der Waals surface area (Å²) in [6, 6.07) is 10.7. The van der Waals surface area contributed by atoms with Crippen LogP contribution in [0.5, 0.6) is 0 Å². The Balaban J connectivity index is 1.74. The molecule has 0 fully saturated rings. The summed E-state index contributed by atoms with van der Waals surface area (Å²) in [6.45, 7) is 0.0721. The molecule has 0 aliphatic carbocycles. The molecule has 0 saturated heterocycles. The fourth-order valence-corrected chi connectivity index (χ4v) is 2.95. The number of para-hydroxylation sites is 1. The molecule has 2 heterocycles. The normalized spacial score (nSPS) is 10.8. The molecule has 3 aromatic rings. The first-order valence-corrected chi connectivity index (χ1v) is 7.54. The molecule has 7 heteroatoms. The smallest absolute Gasteiger partial charge is 0.358 e. The molecular weight excluding hydrogens is 331 g/mol. The van der Waals surface area contributed by atoms with E-state index in [1.54, 1.807) is 0 Å². The van der Waals surface area contributed by atoms with E-state index >= 15 is 0 Å². The maximum Gasteiger partial charge on any atom is 0.358 e. The summed E-state index contributed by atoms with van der Waals surface area (Å²) in [4.78, 5) is 20.2. The summed E-state index contributed by atoms with van der Waals surface area (Å²) in [6.07, 6.45) is 0. The summed E-state index contributed by atoms with van der Waals surface area (Å²) in [5.74, 6) is -0.623. The topological polar surface area (TPSA) is 52.1 Å². The summed E-state index contributed by atoms with van der Waals surface area (Å²) in [7, 11) is 0. The first kappa shape index (κ1) is 14.3. The van der Waals surface area contributed by atoms with Gasteiger partial charge in [-0.25, -0.2) is 14.8 Å². The third-order valence-electron chi connectivity index (χ3n) is 2.67. The van der Waals surface area contributed by atoms with Crippen LogP contribution in [0.1, 0.15) is 15.5 Å². The van der Waals surface area contributed by atoms with Gasteiger partial charge >= 0.3 is 5.97 Å². The van der Waals surface area contributed by atoms with Gasteiger partial charge in [0.15, 0.2) is 5.69 Å². The number of hydrogen-bond acceptors (Lipinski definition) is 5. The molecular formula is C14H8Cl2N2O2S. The molecule has 1 aromatic carbocycles. The zero-order chi connectivity index (χ0) is 14.8. The monoisotopic (exact) mass is 338 g/mol. The molecule has 0 aliphatic heterocycles. The van der Waals surface area contributed by atoms with Gasteiger partial charge in [0.05, 0.1) is 15.2 Å². The van der Waals surface area contributed by atoms with E-state index in [9.17, 15) is 4.79 Å². The minimum atomic E-state index is -0.623. The number of rotatable bonds is 3. The molecule has 0 saturated carbocycles. The third kappa shape index (κ3) is 3.15. The Morgan fingerprint density at radius 3 is 2.76 bits per heavy atom. The molecule has 0 spiro atoms. The van der Waals surface area contributed by atoms with Crippen molar-refractivity contribution in [3.05, 3.63) is 57.3 Å². The Bertz CT molecular complexity index is 787. The predicted molar refractivity (Wildman–Crippen MR) is 83.0 cm³/mol. The minimum absolute atomic E-state index is 0.00489. The van der Waals surface area contributed by atoms with Crippen LogP contribution in [0, 0.1) is 0 Å². The van der Waals surface area contributed by atoms with Crippen LogP contribution >= 0.6 is 34.5 Å². The number of aromatic nitrogens is 2. The quantitative estimate of drug-likeness (QED) is 0.526. The van der Waals surface area contributed by atoms with E-state index in [4.69, 9.17) is 27.9 Å². The van der Waals surface area contributed by atoms with Crippen LogP contribution < -0.4 is 0 Å². The fourth-order valence-electron chi connectivity index (χ4n) is 1.74. The average Bonchev–Trinajstić information content (AvgIpc) is 2.90. The van der Waals surface area contributed by atoms with Crippen molar-refractivity contribution < 1.29 is 9.53 Å². The van der Waals surface area contributed by atoms with Crippen LogP contribution in [0.4, 0.5) is 0 Å². The fraction of sp³-hybridized carbons (Fsp3) is 0.0714. The summed E-state index contributed by atoms with van der Waals surface area (Å²) in [5.41, 5.74) is 0.887. The highest BCUT2D eigenvalue weighted by Crippen LogP contribution is 2.23. The molecule has 0 N–H and O–H groups in total. The summed E-state index contributed by atoms with van der Waals surface area (Å²) >= 11 is 13.1. The van der Waals surface area contributed by atoms with Gasteiger partial charge in [-0.15, -0.1) is 11.3 Å². The molecule has 0 aliphatic rings. The molecule has 2 aromatic heterocycles. The molecule has 106 valence electrons. The van der Waals surface area contributed by atoms with Gasteiger partial charge in [-0.3, -0.25) is 0 Å². The zero-order valence-electron chi connectivity index (χ0n) is 10.5. The van der Waals surface area contributed by atoms with Gasteiger partial charge in [-0.05, 0) is 24.3 Å². The maximum atomic E-state index is 12.0. The van der Waals surface area contributed by atoms with Crippen molar-refractivity contribution >= 4 is 50.7 Å². The number of halogens is 2. The molecule has 0 bridgehead atoms. The Kier molecular flexibility index (Phi) is 4.05. The molecule has 0 amide bonds. The van der Waals surface area contributed by atoms with Gasteiger partial charge in [0.1, 0.15) is 16.8 Å². The summed E-state index contributed by atoms with van der Waals surface area (Å²) < 4.78 is 6.23. The van der Waals surface area contributed by atoms with E-state index in [0.29, 0.717) is 5.01 Å². The number of fused-ring (bicyclic) bond motifs is 1. The lowest BCUT2D eigenvalue weighted by Gasteiger charge is -2.04. The SMILES string of the molecule is O=C(OCc1nc2ccccc2s1)c1nc(Cl)ccc1Cl. The van der Waals surface area contributed by atoms with E-state index in [1.807, 2.05) is 24.3 Å². The van der Waals surface area contributed by atoms with Crippen LogP contribution in [-0.4, -0.2) is 15.9 Å². The lowest BCUT2D eigenvalue weighted by molar-refractivity contribution is 0.0466. The Labute approximate surface area is 134 Å². The van der Waals surface area contributed by atoms with Gasteiger partial charge in [-0.1, -0.05) is 35.3 Å². The second-order valence-electron chi connectivity index (χ2n) is 4.12. The van der Waals surface area contributed by atoms with Crippen LogP contribution in [-0.2, 0) is 11.3 Å². The van der Waals surface area contributed by atoms with Crippen molar-refractivity contribution in [1.82, 2.24) is 9.97 Å². The molecule has 0 atom stereocenters. The average molecular weight is 339 g/mol. The standard InChI is InChI=1S/C14H8Cl2N2O2S/c15-8-5-6-11(16)18-13(8)14(19)20-7-12-17-9-3-1-2-4-10(9)21-12/h1-6H,7H2. The number of benzene rings is 1. The highest BCUT2D eigenvalue weighted by atomic mass is 35.5. The van der Waals surface area contributed by atoms with E-state index < -0.39 is 5.97 Å². The van der Waals surface area contributed by atoms with Crippen molar-refractivity contribution in [1.29, 1.82) is 0 Å². The zero-order valence-corrected chi connectivity index (χ0v) is 12.9. The van der Waals surface area contributed by atoms with Gasteiger partial charge in [-0.2, -0.15) is 0 Å². The van der Waals surface area contributed by atoms with Gasteiger partial charge in [0.2, 0.25) is 0 Å². The highest BCUT2D eigenvalue weighted by Gasteiger charge is 2.15. The molecule has 3 rings (SSSR count). The number of thiazole rings is 1. The number of nitrogens with zero attached hydrogens (tertiary/aromatic N) is 2. The highest BCUT2D eigenvalue weighted by molar-refractivity contribution is 7.18. The van der Waals surface area contributed by atoms with Crippen molar-refractivity contribution in [3.63, 3.8) is 0 Å². The maximum absolute atomic E-state index is 12.0. The van der Waals surface area contributed by atoms with Gasteiger partial charge < -0.3 is 4.74 Å². The van der Waals surface area contributed by atoms with Gasteiger partial charge in [0, 0.05) is 0 Å². The van der Waals surface area contributed by atoms with Crippen LogP contribution in [0.3, 0.4) is 0 Å². The molecule has 21 heavy (non-hydrogen) atoms. The van der Waals surface area contributed by atoms with E-state index in [2.05, 4.69) is 9.97 Å². The first-order valence-electron chi connectivity index (χ1n) is 5.97. The molecule has 4 nitrogen and oxygen atoms in total.